The normalized spacial score (nSPS) is 24.2. The summed E-state index contributed by atoms with van der Waals surface area (Å²) in [6, 6.07) is 6.99. The minimum absolute atomic E-state index is 0.182. The standard InChI is InChI=1S/C17H26FNO/c1-4-10-19-15-12-16(17(15,5-2)6-3)20-14-9-7-8-13(18)11-14/h7-9,11,15-16,19H,4-6,10,12H2,1-3H3. The first-order valence-corrected chi connectivity index (χ1v) is 7.81. The van der Waals surface area contributed by atoms with Crippen molar-refractivity contribution in [3.63, 3.8) is 0 Å². The number of halogens is 1. The van der Waals surface area contributed by atoms with Crippen molar-refractivity contribution in [1.29, 1.82) is 0 Å². The zero-order chi connectivity index (χ0) is 14.6. The Morgan fingerprint density at radius 3 is 2.65 bits per heavy atom. The quantitative estimate of drug-likeness (QED) is 0.809. The highest BCUT2D eigenvalue weighted by molar-refractivity contribution is 5.24. The van der Waals surface area contributed by atoms with Crippen molar-refractivity contribution in [1.82, 2.24) is 5.32 Å². The fraction of sp³-hybridized carbons (Fsp3) is 0.647. The van der Waals surface area contributed by atoms with Crippen molar-refractivity contribution in [2.45, 2.75) is 58.6 Å². The monoisotopic (exact) mass is 279 g/mol. The third-order valence-corrected chi connectivity index (χ3v) is 4.82. The van der Waals surface area contributed by atoms with Gasteiger partial charge in [-0.25, -0.2) is 4.39 Å². The van der Waals surface area contributed by atoms with E-state index < -0.39 is 0 Å². The Labute approximate surface area is 121 Å². The summed E-state index contributed by atoms with van der Waals surface area (Å²) in [5.74, 6) is 0.413. The SMILES string of the molecule is CCCNC1CC(Oc2cccc(F)c2)C1(CC)CC. The first kappa shape index (κ1) is 15.3. The molecule has 1 fully saturated rings. The molecule has 3 heteroatoms. The van der Waals surface area contributed by atoms with Crippen LogP contribution in [0.5, 0.6) is 5.75 Å². The average molecular weight is 279 g/mol. The van der Waals surface area contributed by atoms with Gasteiger partial charge in [0.15, 0.2) is 0 Å². The topological polar surface area (TPSA) is 21.3 Å². The second-order valence-electron chi connectivity index (χ2n) is 5.75. The molecule has 2 nitrogen and oxygen atoms in total. The predicted molar refractivity (Wildman–Crippen MR) is 80.5 cm³/mol. The fourth-order valence-electron chi connectivity index (χ4n) is 3.42. The average Bonchev–Trinajstić information content (AvgIpc) is 2.43. The van der Waals surface area contributed by atoms with Crippen molar-refractivity contribution >= 4 is 0 Å². The summed E-state index contributed by atoms with van der Waals surface area (Å²) in [7, 11) is 0. The summed E-state index contributed by atoms with van der Waals surface area (Å²) < 4.78 is 19.3. The van der Waals surface area contributed by atoms with E-state index in [4.69, 9.17) is 4.74 Å². The van der Waals surface area contributed by atoms with Gasteiger partial charge in [0.05, 0.1) is 0 Å². The molecule has 0 aliphatic heterocycles. The summed E-state index contributed by atoms with van der Waals surface area (Å²) in [6.07, 6.45) is 4.53. The van der Waals surface area contributed by atoms with E-state index in [1.807, 2.05) is 6.07 Å². The van der Waals surface area contributed by atoms with Crippen LogP contribution in [-0.2, 0) is 0 Å². The van der Waals surface area contributed by atoms with Gasteiger partial charge >= 0.3 is 0 Å². The first-order valence-electron chi connectivity index (χ1n) is 7.81. The Morgan fingerprint density at radius 2 is 2.05 bits per heavy atom. The molecule has 2 atom stereocenters. The van der Waals surface area contributed by atoms with E-state index in [-0.39, 0.29) is 17.3 Å². The molecular weight excluding hydrogens is 253 g/mol. The van der Waals surface area contributed by atoms with Gasteiger partial charge in [-0.3, -0.25) is 0 Å². The molecular formula is C17H26FNO. The number of ether oxygens (including phenoxy) is 1. The van der Waals surface area contributed by atoms with E-state index in [1.54, 1.807) is 6.07 Å². The van der Waals surface area contributed by atoms with E-state index in [2.05, 4.69) is 26.1 Å². The molecule has 1 aliphatic rings. The molecule has 0 heterocycles. The lowest BCUT2D eigenvalue weighted by Crippen LogP contribution is -2.64. The minimum atomic E-state index is -0.235. The van der Waals surface area contributed by atoms with Crippen LogP contribution in [0.4, 0.5) is 4.39 Å². The molecule has 0 bridgehead atoms. The lowest BCUT2D eigenvalue weighted by molar-refractivity contribution is -0.0859. The number of benzene rings is 1. The highest BCUT2D eigenvalue weighted by Crippen LogP contribution is 2.49. The van der Waals surface area contributed by atoms with E-state index in [1.165, 1.54) is 12.1 Å². The van der Waals surface area contributed by atoms with E-state index >= 15 is 0 Å². The van der Waals surface area contributed by atoms with Gasteiger partial charge in [0, 0.05) is 23.9 Å². The highest BCUT2D eigenvalue weighted by Gasteiger charge is 2.53. The Kier molecular flexibility index (Phi) is 5.03. The molecule has 2 unspecified atom stereocenters. The van der Waals surface area contributed by atoms with Crippen LogP contribution in [0.25, 0.3) is 0 Å². The summed E-state index contributed by atoms with van der Waals surface area (Å²) in [6.45, 7) is 7.70. The third-order valence-electron chi connectivity index (χ3n) is 4.82. The maximum absolute atomic E-state index is 13.2. The van der Waals surface area contributed by atoms with Crippen LogP contribution in [0.15, 0.2) is 24.3 Å². The maximum atomic E-state index is 13.2. The van der Waals surface area contributed by atoms with Crippen molar-refractivity contribution in [3.05, 3.63) is 30.1 Å². The molecule has 0 aromatic heterocycles. The van der Waals surface area contributed by atoms with Gasteiger partial charge in [0.2, 0.25) is 0 Å². The molecule has 0 amide bonds. The third kappa shape index (κ3) is 2.83. The van der Waals surface area contributed by atoms with Crippen LogP contribution in [0.1, 0.15) is 46.5 Å². The number of nitrogens with one attached hydrogen (secondary N) is 1. The van der Waals surface area contributed by atoms with Gasteiger partial charge in [-0.15, -0.1) is 0 Å². The molecule has 20 heavy (non-hydrogen) atoms. The molecule has 1 aromatic rings. The smallest absolute Gasteiger partial charge is 0.126 e. The summed E-state index contributed by atoms with van der Waals surface area (Å²) in [5, 5.41) is 3.63. The van der Waals surface area contributed by atoms with Crippen molar-refractivity contribution in [2.24, 2.45) is 5.41 Å². The Morgan fingerprint density at radius 1 is 1.30 bits per heavy atom. The molecule has 0 saturated heterocycles. The highest BCUT2D eigenvalue weighted by atomic mass is 19.1. The summed E-state index contributed by atoms with van der Waals surface area (Å²) >= 11 is 0. The van der Waals surface area contributed by atoms with Gasteiger partial charge < -0.3 is 10.1 Å². The van der Waals surface area contributed by atoms with Crippen LogP contribution in [0.2, 0.25) is 0 Å². The molecule has 1 aliphatic carbocycles. The Hall–Kier alpha value is -1.09. The number of hydrogen-bond donors (Lipinski definition) is 1. The molecule has 1 aromatic carbocycles. The van der Waals surface area contributed by atoms with E-state index in [0.717, 1.165) is 32.2 Å². The minimum Gasteiger partial charge on any atom is -0.490 e. The van der Waals surface area contributed by atoms with Crippen LogP contribution < -0.4 is 10.1 Å². The van der Waals surface area contributed by atoms with Crippen LogP contribution in [0.3, 0.4) is 0 Å². The zero-order valence-corrected chi connectivity index (χ0v) is 12.8. The van der Waals surface area contributed by atoms with Crippen LogP contribution >= 0.6 is 0 Å². The second kappa shape index (κ2) is 6.57. The zero-order valence-electron chi connectivity index (χ0n) is 12.8. The maximum Gasteiger partial charge on any atom is 0.126 e. The summed E-state index contributed by atoms with van der Waals surface area (Å²) in [4.78, 5) is 0. The Bertz CT molecular complexity index is 431. The van der Waals surface area contributed by atoms with Crippen molar-refractivity contribution < 1.29 is 9.13 Å². The molecule has 2 rings (SSSR count). The van der Waals surface area contributed by atoms with Gasteiger partial charge in [-0.1, -0.05) is 26.8 Å². The first-order chi connectivity index (χ1) is 9.66. The van der Waals surface area contributed by atoms with E-state index in [0.29, 0.717) is 11.8 Å². The Balaban J connectivity index is 2.05. The number of rotatable bonds is 7. The van der Waals surface area contributed by atoms with Crippen molar-refractivity contribution in [2.75, 3.05) is 6.54 Å². The van der Waals surface area contributed by atoms with Crippen LogP contribution in [-0.4, -0.2) is 18.7 Å². The molecule has 112 valence electrons. The largest absolute Gasteiger partial charge is 0.490 e. The fourth-order valence-corrected chi connectivity index (χ4v) is 3.42. The van der Waals surface area contributed by atoms with Gasteiger partial charge in [-0.2, -0.15) is 0 Å². The van der Waals surface area contributed by atoms with Crippen molar-refractivity contribution in [3.8, 4) is 5.75 Å². The van der Waals surface area contributed by atoms with Crippen LogP contribution in [0, 0.1) is 11.2 Å². The van der Waals surface area contributed by atoms with Gasteiger partial charge in [0.1, 0.15) is 17.7 Å². The molecule has 0 spiro atoms. The summed E-state index contributed by atoms with van der Waals surface area (Å²) in [5.41, 5.74) is 0.182. The lowest BCUT2D eigenvalue weighted by Gasteiger charge is -2.55. The predicted octanol–water partition coefficient (Wildman–Crippen LogP) is 4.15. The molecule has 1 saturated carbocycles. The second-order valence-corrected chi connectivity index (χ2v) is 5.75. The lowest BCUT2D eigenvalue weighted by atomic mass is 9.58. The number of hydrogen-bond acceptors (Lipinski definition) is 2. The molecule has 0 radical (unpaired) electrons. The molecule has 1 N–H and O–H groups in total. The van der Waals surface area contributed by atoms with E-state index in [9.17, 15) is 4.39 Å². The van der Waals surface area contributed by atoms with Gasteiger partial charge in [0.25, 0.3) is 0 Å². The van der Waals surface area contributed by atoms with Gasteiger partial charge in [-0.05, 0) is 37.9 Å².